The molecular weight excluding hydrogens is 336 g/mol. The zero-order valence-electron chi connectivity index (χ0n) is 14.4. The molecule has 0 saturated heterocycles. The molecule has 2 N–H and O–H groups in total. The van der Waals surface area contributed by atoms with Gasteiger partial charge < -0.3 is 24.8 Å². The van der Waals surface area contributed by atoms with Crippen LogP contribution in [0.1, 0.15) is 16.8 Å². The topological polar surface area (TPSA) is 85.9 Å². The molecule has 26 heavy (non-hydrogen) atoms. The maximum Gasteiger partial charge on any atom is 0.337 e. The first kappa shape index (κ1) is 17.6. The second-order valence-corrected chi connectivity index (χ2v) is 5.66. The molecule has 0 unspecified atom stereocenters. The molecule has 1 aliphatic rings. The van der Waals surface area contributed by atoms with E-state index in [0.29, 0.717) is 36.8 Å². The number of anilines is 2. The van der Waals surface area contributed by atoms with Crippen LogP contribution in [-0.2, 0) is 9.53 Å². The van der Waals surface area contributed by atoms with Crippen molar-refractivity contribution in [2.75, 3.05) is 37.5 Å². The van der Waals surface area contributed by atoms with E-state index in [1.807, 2.05) is 18.2 Å². The van der Waals surface area contributed by atoms with Crippen LogP contribution >= 0.6 is 0 Å². The molecule has 0 radical (unpaired) electrons. The van der Waals surface area contributed by atoms with Gasteiger partial charge >= 0.3 is 5.97 Å². The fraction of sp³-hybridized carbons (Fsp3) is 0.263. The summed E-state index contributed by atoms with van der Waals surface area (Å²) in [4.78, 5) is 23.6. The lowest BCUT2D eigenvalue weighted by atomic mass is 10.2. The van der Waals surface area contributed by atoms with E-state index >= 15 is 0 Å². The summed E-state index contributed by atoms with van der Waals surface area (Å²) >= 11 is 0. The van der Waals surface area contributed by atoms with Gasteiger partial charge in [-0.1, -0.05) is 6.07 Å². The molecule has 0 fully saturated rings. The molecule has 2 aromatic carbocycles. The molecule has 7 heteroatoms. The minimum Gasteiger partial charge on any atom is -0.486 e. The number of amides is 1. The second kappa shape index (κ2) is 8.24. The number of carbonyl (C=O) groups excluding carboxylic acids is 2. The van der Waals surface area contributed by atoms with E-state index in [9.17, 15) is 9.59 Å². The molecule has 2 aromatic rings. The molecule has 136 valence electrons. The first-order valence-corrected chi connectivity index (χ1v) is 8.27. The highest BCUT2D eigenvalue weighted by molar-refractivity contribution is 5.94. The van der Waals surface area contributed by atoms with Crippen molar-refractivity contribution in [3.05, 3.63) is 48.0 Å². The van der Waals surface area contributed by atoms with Crippen molar-refractivity contribution in [2.24, 2.45) is 0 Å². The van der Waals surface area contributed by atoms with Gasteiger partial charge in [-0.15, -0.1) is 0 Å². The Labute approximate surface area is 151 Å². The average Bonchev–Trinajstić information content (AvgIpc) is 2.67. The summed E-state index contributed by atoms with van der Waals surface area (Å²) in [5.41, 5.74) is 1.80. The van der Waals surface area contributed by atoms with Crippen molar-refractivity contribution >= 4 is 23.3 Å². The van der Waals surface area contributed by atoms with E-state index in [0.717, 1.165) is 11.4 Å². The third-order valence-corrected chi connectivity index (χ3v) is 3.79. The van der Waals surface area contributed by atoms with Gasteiger partial charge in [-0.05, 0) is 30.3 Å². The predicted octanol–water partition coefficient (Wildman–Crippen LogP) is 2.69. The number of nitrogens with one attached hydrogen (secondary N) is 2. The van der Waals surface area contributed by atoms with Crippen LogP contribution in [0.25, 0.3) is 0 Å². The number of benzene rings is 2. The Morgan fingerprint density at radius 3 is 2.65 bits per heavy atom. The van der Waals surface area contributed by atoms with Gasteiger partial charge in [0.05, 0.1) is 12.7 Å². The largest absolute Gasteiger partial charge is 0.486 e. The average molecular weight is 356 g/mol. The van der Waals surface area contributed by atoms with Gasteiger partial charge in [0.25, 0.3) is 0 Å². The number of methoxy groups -OCH3 is 1. The number of hydrogen-bond donors (Lipinski definition) is 2. The van der Waals surface area contributed by atoms with Crippen LogP contribution in [-0.4, -0.2) is 38.7 Å². The molecule has 0 aromatic heterocycles. The Kier molecular flexibility index (Phi) is 5.58. The Balaban J connectivity index is 1.49. The van der Waals surface area contributed by atoms with Gasteiger partial charge in [0, 0.05) is 30.4 Å². The van der Waals surface area contributed by atoms with Gasteiger partial charge in [-0.2, -0.15) is 0 Å². The maximum absolute atomic E-state index is 12.1. The monoisotopic (exact) mass is 356 g/mol. The number of fused-ring (bicyclic) bond motifs is 1. The van der Waals surface area contributed by atoms with Crippen LogP contribution in [0.5, 0.6) is 11.5 Å². The molecule has 1 heterocycles. The van der Waals surface area contributed by atoms with Crippen molar-refractivity contribution in [3.8, 4) is 11.5 Å². The normalized spacial score (nSPS) is 12.2. The highest BCUT2D eigenvalue weighted by atomic mass is 16.6. The molecule has 7 nitrogen and oxygen atoms in total. The van der Waals surface area contributed by atoms with E-state index in [-0.39, 0.29) is 12.3 Å². The summed E-state index contributed by atoms with van der Waals surface area (Å²) in [6.45, 7) is 1.54. The van der Waals surface area contributed by atoms with Crippen molar-refractivity contribution < 1.29 is 23.8 Å². The third kappa shape index (κ3) is 4.44. The molecule has 1 amide bonds. The molecule has 0 saturated carbocycles. The highest BCUT2D eigenvalue weighted by Crippen LogP contribution is 2.32. The molecule has 0 atom stereocenters. The zero-order chi connectivity index (χ0) is 18.4. The zero-order valence-corrected chi connectivity index (χ0v) is 14.4. The SMILES string of the molecule is COC(=O)c1cccc(NC(=O)CCNc2ccc3c(c2)OCCO3)c1. The summed E-state index contributed by atoms with van der Waals surface area (Å²) in [6.07, 6.45) is 0.275. The molecule has 0 bridgehead atoms. The van der Waals surface area contributed by atoms with E-state index < -0.39 is 5.97 Å². The number of esters is 1. The maximum atomic E-state index is 12.1. The van der Waals surface area contributed by atoms with Crippen LogP contribution in [0.15, 0.2) is 42.5 Å². The van der Waals surface area contributed by atoms with Crippen molar-refractivity contribution in [3.63, 3.8) is 0 Å². The Bertz CT molecular complexity index is 806. The smallest absolute Gasteiger partial charge is 0.337 e. The van der Waals surface area contributed by atoms with Gasteiger partial charge in [0.15, 0.2) is 11.5 Å². The van der Waals surface area contributed by atoms with Crippen molar-refractivity contribution in [2.45, 2.75) is 6.42 Å². The summed E-state index contributed by atoms with van der Waals surface area (Å²) < 4.78 is 15.7. The minimum absolute atomic E-state index is 0.156. The molecule has 0 aliphatic carbocycles. The summed E-state index contributed by atoms with van der Waals surface area (Å²) in [5, 5.41) is 5.95. The van der Waals surface area contributed by atoms with Gasteiger partial charge in [0.2, 0.25) is 5.91 Å². The van der Waals surface area contributed by atoms with Gasteiger partial charge in [-0.3, -0.25) is 4.79 Å². The Morgan fingerprint density at radius 1 is 1.04 bits per heavy atom. The van der Waals surface area contributed by atoms with E-state index in [1.165, 1.54) is 7.11 Å². The number of hydrogen-bond acceptors (Lipinski definition) is 6. The lowest BCUT2D eigenvalue weighted by Gasteiger charge is -2.19. The first-order chi connectivity index (χ1) is 12.7. The lowest BCUT2D eigenvalue weighted by Crippen LogP contribution is -2.17. The van der Waals surface area contributed by atoms with Crippen LogP contribution in [0.2, 0.25) is 0 Å². The number of carbonyl (C=O) groups is 2. The van der Waals surface area contributed by atoms with E-state index in [2.05, 4.69) is 15.4 Å². The van der Waals surface area contributed by atoms with Crippen LogP contribution in [0, 0.1) is 0 Å². The molecular formula is C19H20N2O5. The molecule has 1 aliphatic heterocycles. The molecule has 0 spiro atoms. The fourth-order valence-corrected chi connectivity index (χ4v) is 2.54. The predicted molar refractivity (Wildman–Crippen MR) is 96.9 cm³/mol. The highest BCUT2D eigenvalue weighted by Gasteiger charge is 2.12. The minimum atomic E-state index is -0.443. The standard InChI is InChI=1S/C19H20N2O5/c1-24-19(23)13-3-2-4-15(11-13)21-18(22)7-8-20-14-5-6-16-17(12-14)26-10-9-25-16/h2-6,11-12,20H,7-10H2,1H3,(H,21,22). The molecule has 3 rings (SSSR count). The summed E-state index contributed by atoms with van der Waals surface area (Å²) in [6, 6.07) is 12.2. The van der Waals surface area contributed by atoms with Crippen LogP contribution in [0.3, 0.4) is 0 Å². The van der Waals surface area contributed by atoms with Crippen LogP contribution in [0.4, 0.5) is 11.4 Å². The van der Waals surface area contributed by atoms with E-state index in [1.54, 1.807) is 24.3 Å². The van der Waals surface area contributed by atoms with Crippen molar-refractivity contribution in [1.82, 2.24) is 0 Å². The van der Waals surface area contributed by atoms with E-state index in [4.69, 9.17) is 9.47 Å². The van der Waals surface area contributed by atoms with Gasteiger partial charge in [-0.25, -0.2) is 4.79 Å². The fourth-order valence-electron chi connectivity index (χ4n) is 2.54. The first-order valence-electron chi connectivity index (χ1n) is 8.27. The van der Waals surface area contributed by atoms with Crippen LogP contribution < -0.4 is 20.1 Å². The summed E-state index contributed by atoms with van der Waals surface area (Å²) in [7, 11) is 1.32. The number of ether oxygens (including phenoxy) is 3. The Morgan fingerprint density at radius 2 is 1.85 bits per heavy atom. The third-order valence-electron chi connectivity index (χ3n) is 3.79. The summed E-state index contributed by atoms with van der Waals surface area (Å²) in [5.74, 6) is 0.828. The quantitative estimate of drug-likeness (QED) is 0.774. The Hall–Kier alpha value is -3.22. The number of rotatable bonds is 6. The van der Waals surface area contributed by atoms with Crippen molar-refractivity contribution in [1.29, 1.82) is 0 Å². The second-order valence-electron chi connectivity index (χ2n) is 5.66. The lowest BCUT2D eigenvalue weighted by molar-refractivity contribution is -0.115. The van der Waals surface area contributed by atoms with Gasteiger partial charge in [0.1, 0.15) is 13.2 Å².